The van der Waals surface area contributed by atoms with Gasteiger partial charge in [0.1, 0.15) is 17.2 Å². The molecule has 0 saturated carbocycles. The van der Waals surface area contributed by atoms with Crippen molar-refractivity contribution in [3.05, 3.63) is 48.7 Å². The van der Waals surface area contributed by atoms with Gasteiger partial charge in [-0.3, -0.25) is 4.98 Å². The van der Waals surface area contributed by atoms with Gasteiger partial charge in [-0.1, -0.05) is 18.2 Å². The molecule has 2 heterocycles. The molecule has 0 aliphatic heterocycles. The summed E-state index contributed by atoms with van der Waals surface area (Å²) in [5.74, 6) is 1.97. The van der Waals surface area contributed by atoms with Gasteiger partial charge < -0.3 is 10.5 Å². The number of aromatic nitrogens is 3. The molecule has 0 amide bonds. The third-order valence-corrected chi connectivity index (χ3v) is 2.92. The fourth-order valence-electron chi connectivity index (χ4n) is 1.56. The molecule has 0 saturated heterocycles. The molecule has 0 unspecified atom stereocenters. The Morgan fingerprint density at radius 3 is 2.63 bits per heavy atom. The molecule has 0 radical (unpaired) electrons. The van der Waals surface area contributed by atoms with Crippen LogP contribution in [-0.4, -0.2) is 14.3 Å². The van der Waals surface area contributed by atoms with Gasteiger partial charge in [0.05, 0.1) is 0 Å². The van der Waals surface area contributed by atoms with Gasteiger partial charge in [0.25, 0.3) is 0 Å². The summed E-state index contributed by atoms with van der Waals surface area (Å²) >= 11 is 1.14. The zero-order chi connectivity index (χ0) is 13.1. The predicted molar refractivity (Wildman–Crippen MR) is 74.1 cm³/mol. The summed E-state index contributed by atoms with van der Waals surface area (Å²) in [6.45, 7) is 0. The quantitative estimate of drug-likeness (QED) is 0.792. The first kappa shape index (κ1) is 11.6. The van der Waals surface area contributed by atoms with Crippen molar-refractivity contribution in [2.24, 2.45) is 0 Å². The lowest BCUT2D eigenvalue weighted by Gasteiger charge is -2.05. The summed E-state index contributed by atoms with van der Waals surface area (Å²) in [6.07, 6.45) is 1.66. The van der Waals surface area contributed by atoms with Crippen molar-refractivity contribution in [3.8, 4) is 23.0 Å². The molecule has 3 aromatic rings. The second kappa shape index (κ2) is 5.03. The Bertz CT molecular complexity index is 684. The lowest BCUT2D eigenvalue weighted by molar-refractivity contribution is 0.482. The number of ether oxygens (including phenoxy) is 1. The van der Waals surface area contributed by atoms with Crippen LogP contribution in [0.15, 0.2) is 48.7 Å². The van der Waals surface area contributed by atoms with Crippen LogP contribution in [-0.2, 0) is 0 Å². The number of rotatable bonds is 3. The van der Waals surface area contributed by atoms with E-state index >= 15 is 0 Å². The molecular formula is C13H10N4OS. The van der Waals surface area contributed by atoms with Crippen LogP contribution in [0.4, 0.5) is 5.13 Å². The molecule has 0 spiro atoms. The molecular weight excluding hydrogens is 260 g/mol. The van der Waals surface area contributed by atoms with E-state index in [1.165, 1.54) is 0 Å². The van der Waals surface area contributed by atoms with Gasteiger partial charge in [-0.2, -0.15) is 9.36 Å². The molecule has 3 rings (SSSR count). The lowest BCUT2D eigenvalue weighted by Crippen LogP contribution is -1.89. The summed E-state index contributed by atoms with van der Waals surface area (Å²) in [5, 5.41) is 0.422. The Morgan fingerprint density at radius 2 is 1.89 bits per heavy atom. The molecule has 19 heavy (non-hydrogen) atoms. The number of nitrogens with two attached hydrogens (primary N) is 1. The third-order valence-electron chi connectivity index (χ3n) is 2.38. The van der Waals surface area contributed by atoms with Crippen molar-refractivity contribution < 1.29 is 4.74 Å². The summed E-state index contributed by atoms with van der Waals surface area (Å²) in [4.78, 5) is 8.31. The average Bonchev–Trinajstić information content (AvgIpc) is 2.87. The fourth-order valence-corrected chi connectivity index (χ4v) is 2.00. The van der Waals surface area contributed by atoms with Crippen molar-refractivity contribution in [2.75, 3.05) is 5.73 Å². The van der Waals surface area contributed by atoms with Crippen LogP contribution in [0.25, 0.3) is 11.5 Å². The van der Waals surface area contributed by atoms with Crippen LogP contribution in [0.5, 0.6) is 11.5 Å². The summed E-state index contributed by atoms with van der Waals surface area (Å²) in [7, 11) is 0. The van der Waals surface area contributed by atoms with Crippen molar-refractivity contribution in [2.45, 2.75) is 0 Å². The Balaban J connectivity index is 1.88. The van der Waals surface area contributed by atoms with Crippen LogP contribution in [0, 0.1) is 0 Å². The third kappa shape index (κ3) is 2.69. The van der Waals surface area contributed by atoms with Gasteiger partial charge in [-0.05, 0) is 18.2 Å². The zero-order valence-corrected chi connectivity index (χ0v) is 10.7. The first-order valence-electron chi connectivity index (χ1n) is 5.60. The molecule has 5 nitrogen and oxygen atoms in total. The first-order valence-corrected chi connectivity index (χ1v) is 6.37. The van der Waals surface area contributed by atoms with Gasteiger partial charge in [0, 0.05) is 23.8 Å². The number of benzene rings is 1. The highest BCUT2D eigenvalue weighted by molar-refractivity contribution is 7.09. The number of pyridine rings is 1. The summed E-state index contributed by atoms with van der Waals surface area (Å²) in [5.41, 5.74) is 6.20. The SMILES string of the molecule is Nc1nc(-c2cc(Oc3ccccc3)ccn2)ns1. The molecule has 2 aromatic heterocycles. The van der Waals surface area contributed by atoms with E-state index in [0.717, 1.165) is 17.3 Å². The highest BCUT2D eigenvalue weighted by Gasteiger charge is 2.07. The van der Waals surface area contributed by atoms with Crippen molar-refractivity contribution >= 4 is 16.7 Å². The Kier molecular flexibility index (Phi) is 3.07. The number of hydrogen-bond acceptors (Lipinski definition) is 6. The maximum absolute atomic E-state index is 5.72. The van der Waals surface area contributed by atoms with Crippen LogP contribution < -0.4 is 10.5 Å². The number of anilines is 1. The second-order valence-corrected chi connectivity index (χ2v) is 4.53. The largest absolute Gasteiger partial charge is 0.457 e. The van der Waals surface area contributed by atoms with E-state index in [-0.39, 0.29) is 0 Å². The highest BCUT2D eigenvalue weighted by atomic mass is 32.1. The zero-order valence-electron chi connectivity index (χ0n) is 9.85. The van der Waals surface area contributed by atoms with E-state index in [1.807, 2.05) is 30.3 Å². The van der Waals surface area contributed by atoms with Crippen molar-refractivity contribution in [1.29, 1.82) is 0 Å². The van der Waals surface area contributed by atoms with Crippen LogP contribution in [0.2, 0.25) is 0 Å². The van der Waals surface area contributed by atoms with E-state index in [1.54, 1.807) is 18.3 Å². The van der Waals surface area contributed by atoms with E-state index in [4.69, 9.17) is 10.5 Å². The van der Waals surface area contributed by atoms with Crippen LogP contribution in [0.1, 0.15) is 0 Å². The Labute approximate surface area is 113 Å². The van der Waals surface area contributed by atoms with Gasteiger partial charge in [-0.25, -0.2) is 0 Å². The Morgan fingerprint density at radius 1 is 1.05 bits per heavy atom. The minimum absolute atomic E-state index is 0.422. The van der Waals surface area contributed by atoms with E-state index in [0.29, 0.717) is 22.4 Å². The molecule has 1 aromatic carbocycles. The maximum atomic E-state index is 5.72. The highest BCUT2D eigenvalue weighted by Crippen LogP contribution is 2.25. The van der Waals surface area contributed by atoms with E-state index < -0.39 is 0 Å². The molecule has 0 fully saturated rings. The minimum atomic E-state index is 0.422. The number of nitrogens with zero attached hydrogens (tertiary/aromatic N) is 3. The molecule has 2 N–H and O–H groups in total. The lowest BCUT2D eigenvalue weighted by atomic mass is 10.3. The van der Waals surface area contributed by atoms with Crippen LogP contribution >= 0.6 is 11.5 Å². The number of para-hydroxylation sites is 1. The second-order valence-electron chi connectivity index (χ2n) is 3.75. The fraction of sp³-hybridized carbons (Fsp3) is 0. The van der Waals surface area contributed by atoms with Gasteiger partial charge in [0.2, 0.25) is 0 Å². The van der Waals surface area contributed by atoms with E-state index in [2.05, 4.69) is 14.3 Å². The monoisotopic (exact) mass is 270 g/mol. The van der Waals surface area contributed by atoms with E-state index in [9.17, 15) is 0 Å². The molecule has 0 bridgehead atoms. The molecule has 94 valence electrons. The summed E-state index contributed by atoms with van der Waals surface area (Å²) < 4.78 is 9.85. The minimum Gasteiger partial charge on any atom is -0.457 e. The van der Waals surface area contributed by atoms with Gasteiger partial charge >= 0.3 is 0 Å². The van der Waals surface area contributed by atoms with Gasteiger partial charge in [0.15, 0.2) is 11.0 Å². The van der Waals surface area contributed by atoms with Gasteiger partial charge in [-0.15, -0.1) is 0 Å². The molecule has 0 aliphatic carbocycles. The van der Waals surface area contributed by atoms with Crippen molar-refractivity contribution in [3.63, 3.8) is 0 Å². The number of nitrogen functional groups attached to an aromatic ring is 1. The first-order chi connectivity index (χ1) is 9.31. The standard InChI is InChI=1S/C13H10N4OS/c14-13-16-12(17-19-13)11-8-10(6-7-15-11)18-9-4-2-1-3-5-9/h1-8H,(H2,14,16,17). The van der Waals surface area contributed by atoms with Crippen molar-refractivity contribution in [1.82, 2.24) is 14.3 Å². The molecule has 6 heteroatoms. The normalized spacial score (nSPS) is 10.3. The molecule has 0 atom stereocenters. The Hall–Kier alpha value is -2.47. The topological polar surface area (TPSA) is 73.9 Å². The number of hydrogen-bond donors (Lipinski definition) is 1. The predicted octanol–water partition coefficient (Wildman–Crippen LogP) is 2.97. The average molecular weight is 270 g/mol. The van der Waals surface area contributed by atoms with Crippen LogP contribution in [0.3, 0.4) is 0 Å². The molecule has 0 aliphatic rings. The smallest absolute Gasteiger partial charge is 0.200 e. The summed E-state index contributed by atoms with van der Waals surface area (Å²) in [6, 6.07) is 13.1. The maximum Gasteiger partial charge on any atom is 0.200 e.